The average Bonchev–Trinajstić information content (AvgIpc) is 3.05. The van der Waals surface area contributed by atoms with Gasteiger partial charge in [0.25, 0.3) is 0 Å². The van der Waals surface area contributed by atoms with E-state index in [0.29, 0.717) is 12.8 Å². The molecule has 0 saturated heterocycles. The molecule has 0 saturated carbocycles. The number of carboxylic acids is 1. The molecule has 6 heteroatoms. The highest BCUT2D eigenvalue weighted by Gasteiger charge is 2.14. The van der Waals surface area contributed by atoms with E-state index >= 15 is 0 Å². The smallest absolute Gasteiger partial charge is 0.322 e. The first-order chi connectivity index (χ1) is 23.0. The molecule has 1 unspecified atom stereocenters. The lowest BCUT2D eigenvalue weighted by molar-refractivity contribution is -0.150. The molecular formula is C41H71NO5. The van der Waals surface area contributed by atoms with Crippen LogP contribution in [0, 0.1) is 0 Å². The summed E-state index contributed by atoms with van der Waals surface area (Å²) in [5, 5.41) is 11.0. The summed E-state index contributed by atoms with van der Waals surface area (Å²) < 4.78 is 5.96. The second-order valence-corrected chi connectivity index (χ2v) is 12.8. The van der Waals surface area contributed by atoms with Crippen molar-refractivity contribution in [2.24, 2.45) is 0 Å². The van der Waals surface area contributed by atoms with E-state index in [1.807, 2.05) is 0 Å². The Morgan fingerprint density at radius 2 is 1.04 bits per heavy atom. The minimum Gasteiger partial charge on any atom is -0.480 e. The Kier molecular flexibility index (Phi) is 34.2. The van der Waals surface area contributed by atoms with Crippen LogP contribution in [0.25, 0.3) is 0 Å². The number of amides is 1. The van der Waals surface area contributed by atoms with E-state index in [-0.39, 0.29) is 24.5 Å². The minimum absolute atomic E-state index is 0.0221. The van der Waals surface area contributed by atoms with Gasteiger partial charge in [-0.1, -0.05) is 140 Å². The Morgan fingerprint density at radius 3 is 1.60 bits per heavy atom. The van der Waals surface area contributed by atoms with Gasteiger partial charge in [0.1, 0.15) is 12.6 Å². The zero-order valence-corrected chi connectivity index (χ0v) is 30.4. The minimum atomic E-state index is -1.02. The van der Waals surface area contributed by atoms with E-state index < -0.39 is 5.97 Å². The number of carboxylic acid groups (broad SMARTS) is 1. The molecule has 0 fully saturated rings. The van der Waals surface area contributed by atoms with Gasteiger partial charge in [-0.3, -0.25) is 14.4 Å². The van der Waals surface area contributed by atoms with Crippen molar-refractivity contribution in [2.45, 2.75) is 187 Å². The van der Waals surface area contributed by atoms with Crippen molar-refractivity contribution in [1.82, 2.24) is 5.32 Å². The molecule has 1 amide bonds. The number of nitrogens with one attached hydrogen (secondary N) is 1. The average molecular weight is 658 g/mol. The number of ether oxygens (including phenoxy) is 1. The van der Waals surface area contributed by atoms with E-state index in [9.17, 15) is 14.4 Å². The van der Waals surface area contributed by atoms with Crippen LogP contribution in [-0.2, 0) is 19.1 Å². The molecule has 47 heavy (non-hydrogen) atoms. The first kappa shape index (κ1) is 44.4. The molecule has 0 rings (SSSR count). The van der Waals surface area contributed by atoms with Crippen molar-refractivity contribution in [1.29, 1.82) is 0 Å². The van der Waals surface area contributed by atoms with Crippen LogP contribution in [0.4, 0.5) is 0 Å². The Balaban J connectivity index is 4.01. The summed E-state index contributed by atoms with van der Waals surface area (Å²) in [6.45, 7) is 4.08. The van der Waals surface area contributed by atoms with Gasteiger partial charge in [0.2, 0.25) is 5.91 Å². The highest BCUT2D eigenvalue weighted by Crippen LogP contribution is 2.18. The molecule has 0 aliphatic heterocycles. The number of esters is 1. The quantitative estimate of drug-likeness (QED) is 0.0408. The van der Waals surface area contributed by atoms with Crippen molar-refractivity contribution in [2.75, 3.05) is 6.54 Å². The predicted molar refractivity (Wildman–Crippen MR) is 198 cm³/mol. The lowest BCUT2D eigenvalue weighted by Gasteiger charge is -2.18. The van der Waals surface area contributed by atoms with E-state index in [4.69, 9.17) is 9.84 Å². The molecule has 0 aromatic rings. The molecular weight excluding hydrogens is 586 g/mol. The van der Waals surface area contributed by atoms with Gasteiger partial charge in [-0.25, -0.2) is 0 Å². The normalized spacial score (nSPS) is 12.6. The van der Waals surface area contributed by atoms with Gasteiger partial charge in [-0.2, -0.15) is 0 Å². The Morgan fingerprint density at radius 1 is 0.574 bits per heavy atom. The van der Waals surface area contributed by atoms with Crippen LogP contribution in [0.2, 0.25) is 0 Å². The summed E-state index contributed by atoms with van der Waals surface area (Å²) in [6, 6.07) is 0. The van der Waals surface area contributed by atoms with Gasteiger partial charge in [-0.05, 0) is 77.0 Å². The highest BCUT2D eigenvalue weighted by molar-refractivity contribution is 5.80. The van der Waals surface area contributed by atoms with Gasteiger partial charge in [0, 0.05) is 12.8 Å². The molecule has 0 aromatic heterocycles. The van der Waals surface area contributed by atoms with E-state index in [1.54, 1.807) is 0 Å². The number of hydrogen-bond donors (Lipinski definition) is 2. The highest BCUT2D eigenvalue weighted by atomic mass is 16.5. The zero-order valence-electron chi connectivity index (χ0n) is 30.4. The third kappa shape index (κ3) is 36.1. The maximum absolute atomic E-state index is 12.6. The second kappa shape index (κ2) is 36.2. The fourth-order valence-corrected chi connectivity index (χ4v) is 5.45. The van der Waals surface area contributed by atoms with Crippen molar-refractivity contribution in [3.8, 4) is 0 Å². The number of carbonyl (C=O) groups is 3. The fourth-order valence-electron chi connectivity index (χ4n) is 5.45. The molecule has 2 N–H and O–H groups in total. The Hall–Kier alpha value is -2.63. The maximum atomic E-state index is 12.6. The molecule has 6 nitrogen and oxygen atoms in total. The molecule has 0 heterocycles. The van der Waals surface area contributed by atoms with Crippen LogP contribution >= 0.6 is 0 Å². The van der Waals surface area contributed by atoms with E-state index in [0.717, 1.165) is 96.3 Å². The number of allylic oxidation sites excluding steroid dienone is 8. The van der Waals surface area contributed by atoms with Gasteiger partial charge in [0.15, 0.2) is 0 Å². The SMILES string of the molecule is CC/C=C\C/C=C\C/C=C\C/C=C\CCCCCCCCC(=O)OC(CCCCCCCC)CCCCCCCC(=O)NCC(=O)O. The van der Waals surface area contributed by atoms with Gasteiger partial charge in [-0.15, -0.1) is 0 Å². The van der Waals surface area contributed by atoms with Crippen molar-refractivity contribution >= 4 is 17.8 Å². The van der Waals surface area contributed by atoms with Crippen LogP contribution in [0.15, 0.2) is 48.6 Å². The van der Waals surface area contributed by atoms with Crippen LogP contribution in [0.3, 0.4) is 0 Å². The molecule has 0 aliphatic rings. The summed E-state index contributed by atoms with van der Waals surface area (Å²) in [7, 11) is 0. The standard InChI is InChI=1S/C41H71NO5/c1-3-5-7-9-11-12-13-14-15-16-17-18-19-20-21-22-23-28-32-36-41(46)47-38(33-29-25-10-8-6-4-2)34-30-26-24-27-31-35-39(43)42-37-40(44)45/h5,7,11-12,14-15,17-18,38H,3-4,6,8-10,13,16,19-37H2,1-2H3,(H,42,43)(H,44,45)/b7-5-,12-11-,15-14-,18-17-. The van der Waals surface area contributed by atoms with Crippen LogP contribution in [-0.4, -0.2) is 35.6 Å². The first-order valence-electron chi connectivity index (χ1n) is 19.3. The molecule has 0 bridgehead atoms. The van der Waals surface area contributed by atoms with Crippen LogP contribution in [0.1, 0.15) is 181 Å². The number of aliphatic carboxylic acids is 1. The largest absolute Gasteiger partial charge is 0.480 e. The van der Waals surface area contributed by atoms with Crippen molar-refractivity contribution in [3.63, 3.8) is 0 Å². The molecule has 0 aromatic carbocycles. The van der Waals surface area contributed by atoms with Gasteiger partial charge < -0.3 is 15.2 Å². The molecule has 0 radical (unpaired) electrons. The van der Waals surface area contributed by atoms with E-state index in [2.05, 4.69) is 67.8 Å². The maximum Gasteiger partial charge on any atom is 0.322 e. The second-order valence-electron chi connectivity index (χ2n) is 12.8. The number of rotatable bonds is 34. The summed E-state index contributed by atoms with van der Waals surface area (Å²) >= 11 is 0. The van der Waals surface area contributed by atoms with Crippen molar-refractivity contribution in [3.05, 3.63) is 48.6 Å². The third-order valence-corrected chi connectivity index (χ3v) is 8.27. The lowest BCUT2D eigenvalue weighted by Crippen LogP contribution is -2.28. The third-order valence-electron chi connectivity index (χ3n) is 8.27. The van der Waals surface area contributed by atoms with Gasteiger partial charge >= 0.3 is 11.9 Å². The fraction of sp³-hybridized carbons (Fsp3) is 0.732. The number of unbranched alkanes of at least 4 members (excludes halogenated alkanes) is 15. The lowest BCUT2D eigenvalue weighted by atomic mass is 10.0. The monoisotopic (exact) mass is 658 g/mol. The number of hydrogen-bond acceptors (Lipinski definition) is 4. The van der Waals surface area contributed by atoms with Crippen LogP contribution in [0.5, 0.6) is 0 Å². The first-order valence-corrected chi connectivity index (χ1v) is 19.3. The molecule has 270 valence electrons. The summed E-state index contributed by atoms with van der Waals surface area (Å²) in [6.07, 6.45) is 45.2. The molecule has 1 atom stereocenters. The number of carbonyl (C=O) groups excluding carboxylic acids is 2. The summed E-state index contributed by atoms with van der Waals surface area (Å²) in [5.41, 5.74) is 0. The van der Waals surface area contributed by atoms with E-state index in [1.165, 1.54) is 57.8 Å². The summed E-state index contributed by atoms with van der Waals surface area (Å²) in [5.74, 6) is -1.25. The topological polar surface area (TPSA) is 92.7 Å². The molecule has 0 spiro atoms. The predicted octanol–water partition coefficient (Wildman–Crippen LogP) is 11.5. The Bertz CT molecular complexity index is 860. The van der Waals surface area contributed by atoms with Crippen molar-refractivity contribution < 1.29 is 24.2 Å². The van der Waals surface area contributed by atoms with Crippen LogP contribution < -0.4 is 5.32 Å². The zero-order chi connectivity index (χ0) is 34.5. The summed E-state index contributed by atoms with van der Waals surface area (Å²) in [4.78, 5) is 34.8. The van der Waals surface area contributed by atoms with Gasteiger partial charge in [0.05, 0.1) is 0 Å². The molecule has 0 aliphatic carbocycles. The Labute approximate surface area is 289 Å².